The molecule has 2 aromatic carbocycles. The lowest BCUT2D eigenvalue weighted by molar-refractivity contribution is -0.110. The molecule has 0 aliphatic rings. The second-order valence-electron chi connectivity index (χ2n) is 4.95. The molecule has 0 saturated carbocycles. The summed E-state index contributed by atoms with van der Waals surface area (Å²) in [5, 5.41) is 2.69. The van der Waals surface area contributed by atoms with E-state index in [9.17, 15) is 9.59 Å². The molecule has 0 bridgehead atoms. The largest absolute Gasteiger partial charge is 0.465 e. The number of rotatable bonds is 5. The number of benzene rings is 2. The van der Waals surface area contributed by atoms with Crippen LogP contribution < -0.4 is 5.32 Å². The Morgan fingerprint density at radius 3 is 2.50 bits per heavy atom. The fraction of sp³-hybridized carbons (Fsp3) is 0.105. The number of hydrogen-bond donors (Lipinski definition) is 1. The summed E-state index contributed by atoms with van der Waals surface area (Å²) < 4.78 is 4.71. The quantitative estimate of drug-likeness (QED) is 0.671. The first-order valence-corrected chi connectivity index (χ1v) is 7.32. The van der Waals surface area contributed by atoms with Gasteiger partial charge in [0.2, 0.25) is 0 Å². The maximum atomic E-state index is 12.4. The lowest BCUT2D eigenvalue weighted by Crippen LogP contribution is -2.21. The third-order valence-corrected chi connectivity index (χ3v) is 3.35. The van der Waals surface area contributed by atoms with Gasteiger partial charge in [0.05, 0.1) is 24.0 Å². The van der Waals surface area contributed by atoms with Crippen molar-refractivity contribution in [1.29, 1.82) is 0 Å². The van der Waals surface area contributed by atoms with Crippen LogP contribution in [0.25, 0.3) is 6.08 Å². The molecule has 0 aliphatic heterocycles. The van der Waals surface area contributed by atoms with Crippen LogP contribution in [0.1, 0.15) is 22.8 Å². The molecular weight excluding hydrogens is 304 g/mol. The summed E-state index contributed by atoms with van der Waals surface area (Å²) in [5.74, 6) is -0.914. The summed E-state index contributed by atoms with van der Waals surface area (Å²) in [4.78, 5) is 28.4. The van der Waals surface area contributed by atoms with Gasteiger partial charge >= 0.3 is 5.97 Å². The van der Waals surface area contributed by atoms with Crippen molar-refractivity contribution in [2.75, 3.05) is 12.4 Å². The number of methoxy groups -OCH3 is 1. The number of carbonyl (C=O) groups excluding carboxylic acids is 2. The van der Waals surface area contributed by atoms with E-state index in [-0.39, 0.29) is 11.3 Å². The van der Waals surface area contributed by atoms with Crippen LogP contribution in [-0.2, 0) is 9.53 Å². The zero-order chi connectivity index (χ0) is 17.5. The van der Waals surface area contributed by atoms with Crippen LogP contribution in [0.3, 0.4) is 0 Å². The van der Waals surface area contributed by atoms with E-state index in [0.29, 0.717) is 11.4 Å². The molecule has 0 heterocycles. The third kappa shape index (κ3) is 3.95. The Hall–Kier alpha value is -3.21. The minimum atomic E-state index is -0.516. The van der Waals surface area contributed by atoms with Gasteiger partial charge in [0.15, 0.2) is 0 Å². The lowest BCUT2D eigenvalue weighted by Gasteiger charge is -2.09. The Morgan fingerprint density at radius 2 is 1.79 bits per heavy atom. The molecule has 0 unspecified atom stereocenters. The summed E-state index contributed by atoms with van der Waals surface area (Å²) >= 11 is 0. The van der Waals surface area contributed by atoms with Gasteiger partial charge in [0, 0.05) is 0 Å². The van der Waals surface area contributed by atoms with Crippen molar-refractivity contribution in [3.05, 3.63) is 66.2 Å². The number of carbonyl (C=O) groups is 2. The molecule has 2 aromatic rings. The van der Waals surface area contributed by atoms with Crippen LogP contribution in [0.4, 0.5) is 11.4 Å². The number of para-hydroxylation sites is 2. The predicted molar refractivity (Wildman–Crippen MR) is 95.7 cm³/mol. The average Bonchev–Trinajstić information content (AvgIpc) is 2.61. The van der Waals surface area contributed by atoms with Gasteiger partial charge in [-0.2, -0.15) is 0 Å². The minimum absolute atomic E-state index is 0.268. The third-order valence-electron chi connectivity index (χ3n) is 3.35. The molecule has 0 aliphatic carbocycles. The number of hydrogen-bond acceptors (Lipinski definition) is 4. The summed E-state index contributed by atoms with van der Waals surface area (Å²) in [6.45, 7) is 5.34. The van der Waals surface area contributed by atoms with E-state index in [1.165, 1.54) is 7.11 Å². The van der Waals surface area contributed by atoms with Crippen LogP contribution in [-0.4, -0.2) is 24.7 Å². The topological polar surface area (TPSA) is 67.8 Å². The van der Waals surface area contributed by atoms with E-state index in [0.717, 1.165) is 5.56 Å². The second kappa shape index (κ2) is 7.87. The van der Waals surface area contributed by atoms with Crippen LogP contribution in [0.15, 0.2) is 60.1 Å². The first-order chi connectivity index (χ1) is 11.6. The Balaban J connectivity index is 2.25. The first kappa shape index (κ1) is 17.1. The first-order valence-electron chi connectivity index (χ1n) is 7.32. The molecule has 0 fully saturated rings. The van der Waals surface area contributed by atoms with E-state index in [1.807, 2.05) is 18.2 Å². The molecule has 1 amide bonds. The number of amides is 1. The molecule has 1 N–H and O–H groups in total. The van der Waals surface area contributed by atoms with Gasteiger partial charge in [0.1, 0.15) is 5.71 Å². The highest BCUT2D eigenvalue weighted by Crippen LogP contribution is 2.20. The number of esters is 1. The van der Waals surface area contributed by atoms with Crippen LogP contribution in [0.2, 0.25) is 0 Å². The highest BCUT2D eigenvalue weighted by Gasteiger charge is 2.14. The van der Waals surface area contributed by atoms with E-state index >= 15 is 0 Å². The Kier molecular flexibility index (Phi) is 5.63. The number of anilines is 1. The fourth-order valence-electron chi connectivity index (χ4n) is 2.09. The smallest absolute Gasteiger partial charge is 0.339 e. The average molecular weight is 322 g/mol. The molecule has 0 saturated heterocycles. The van der Waals surface area contributed by atoms with Crippen molar-refractivity contribution in [2.24, 2.45) is 4.99 Å². The van der Waals surface area contributed by atoms with Gasteiger partial charge in [-0.15, -0.1) is 0 Å². The molecular formula is C19H18N2O3. The van der Waals surface area contributed by atoms with E-state index in [2.05, 4.69) is 16.9 Å². The van der Waals surface area contributed by atoms with Gasteiger partial charge in [-0.25, -0.2) is 9.79 Å². The van der Waals surface area contributed by atoms with E-state index < -0.39 is 11.9 Å². The standard InChI is InChI=1S/C19H18N2O3/c1-4-14-9-5-7-11-16(14)20-13(2)18(22)21-17-12-8-6-10-15(17)19(23)24-3/h4-12H,1H2,2-3H3,(H,21,22)/b20-13+. The van der Waals surface area contributed by atoms with Crippen molar-refractivity contribution in [1.82, 2.24) is 0 Å². The van der Waals surface area contributed by atoms with Crippen molar-refractivity contribution >= 4 is 35.0 Å². The van der Waals surface area contributed by atoms with Crippen LogP contribution in [0, 0.1) is 0 Å². The summed E-state index contributed by atoms with van der Waals surface area (Å²) in [6.07, 6.45) is 1.68. The van der Waals surface area contributed by atoms with Crippen molar-refractivity contribution in [2.45, 2.75) is 6.92 Å². The fourth-order valence-corrected chi connectivity index (χ4v) is 2.09. The molecule has 0 atom stereocenters. The number of ether oxygens (including phenoxy) is 1. The summed E-state index contributed by atoms with van der Waals surface area (Å²) in [7, 11) is 1.29. The molecule has 5 heteroatoms. The minimum Gasteiger partial charge on any atom is -0.465 e. The zero-order valence-electron chi connectivity index (χ0n) is 13.6. The Bertz CT molecular complexity index is 810. The molecule has 0 spiro atoms. The van der Waals surface area contributed by atoms with Gasteiger partial charge in [0.25, 0.3) is 5.91 Å². The highest BCUT2D eigenvalue weighted by atomic mass is 16.5. The molecule has 0 aromatic heterocycles. The van der Waals surface area contributed by atoms with Crippen molar-refractivity contribution < 1.29 is 14.3 Å². The maximum absolute atomic E-state index is 12.4. The molecule has 24 heavy (non-hydrogen) atoms. The SMILES string of the molecule is C=Cc1ccccc1/N=C(\C)C(=O)Nc1ccccc1C(=O)OC. The normalized spacial score (nSPS) is 10.8. The summed E-state index contributed by atoms with van der Waals surface area (Å²) in [6, 6.07) is 14.0. The van der Waals surface area contributed by atoms with Gasteiger partial charge in [-0.05, 0) is 30.7 Å². The van der Waals surface area contributed by atoms with Crippen molar-refractivity contribution in [3.8, 4) is 0 Å². The molecule has 5 nitrogen and oxygen atoms in total. The van der Waals surface area contributed by atoms with Crippen molar-refractivity contribution in [3.63, 3.8) is 0 Å². The highest BCUT2D eigenvalue weighted by molar-refractivity contribution is 6.43. The monoisotopic (exact) mass is 322 g/mol. The van der Waals surface area contributed by atoms with Gasteiger partial charge in [-0.3, -0.25) is 4.79 Å². The Morgan fingerprint density at radius 1 is 1.12 bits per heavy atom. The van der Waals surface area contributed by atoms with Gasteiger partial charge < -0.3 is 10.1 Å². The predicted octanol–water partition coefficient (Wildman–Crippen LogP) is 3.85. The number of nitrogens with zero attached hydrogens (tertiary/aromatic N) is 1. The molecule has 0 radical (unpaired) electrons. The zero-order valence-corrected chi connectivity index (χ0v) is 13.6. The summed E-state index contributed by atoms with van der Waals surface area (Å²) in [5.41, 5.74) is 2.42. The van der Waals surface area contributed by atoms with Crippen LogP contribution >= 0.6 is 0 Å². The van der Waals surface area contributed by atoms with E-state index in [1.54, 1.807) is 43.3 Å². The lowest BCUT2D eigenvalue weighted by atomic mass is 10.1. The molecule has 122 valence electrons. The molecule has 2 rings (SSSR count). The van der Waals surface area contributed by atoms with Gasteiger partial charge in [-0.1, -0.05) is 43.0 Å². The second-order valence-corrected chi connectivity index (χ2v) is 4.95. The van der Waals surface area contributed by atoms with Crippen LogP contribution in [0.5, 0.6) is 0 Å². The Labute approximate surface area is 140 Å². The van der Waals surface area contributed by atoms with E-state index in [4.69, 9.17) is 4.74 Å². The number of nitrogens with one attached hydrogen (secondary N) is 1. The maximum Gasteiger partial charge on any atom is 0.339 e. The number of aliphatic imine (C=N–C) groups is 1.